The van der Waals surface area contributed by atoms with Crippen molar-refractivity contribution in [2.24, 2.45) is 0 Å². The van der Waals surface area contributed by atoms with Crippen LogP contribution in [0.25, 0.3) is 0 Å². The van der Waals surface area contributed by atoms with Gasteiger partial charge in [0.05, 0.1) is 0 Å². The zero-order valence-corrected chi connectivity index (χ0v) is 12.6. The summed E-state index contributed by atoms with van der Waals surface area (Å²) < 4.78 is 26.8. The lowest BCUT2D eigenvalue weighted by molar-refractivity contribution is 0.0702. The van der Waals surface area contributed by atoms with Crippen LogP contribution in [0.15, 0.2) is 29.0 Å². The first-order valence-electron chi connectivity index (χ1n) is 6.42. The van der Waals surface area contributed by atoms with Gasteiger partial charge in [0.2, 0.25) is 0 Å². The Morgan fingerprint density at radius 3 is 2.60 bits per heavy atom. The van der Waals surface area contributed by atoms with Crippen molar-refractivity contribution in [3.05, 3.63) is 29.7 Å². The average molecular weight is 315 g/mol. The average Bonchev–Trinajstić information content (AvgIpc) is 3.06. The molecule has 20 heavy (non-hydrogen) atoms. The number of carbonyl (C=O) groups is 1. The molecule has 110 valence electrons. The second-order valence-electron chi connectivity index (χ2n) is 4.73. The van der Waals surface area contributed by atoms with E-state index < -0.39 is 16.0 Å². The molecule has 0 saturated heterocycles. The lowest BCUT2D eigenvalue weighted by atomic mass is 10.2. The molecule has 0 atom stereocenters. The van der Waals surface area contributed by atoms with Crippen molar-refractivity contribution in [2.45, 2.75) is 35.9 Å². The Morgan fingerprint density at radius 2 is 2.10 bits per heavy atom. The van der Waals surface area contributed by atoms with E-state index in [1.807, 2.05) is 0 Å². The first-order valence-corrected chi connectivity index (χ1v) is 8.68. The molecule has 1 heterocycles. The highest BCUT2D eigenvalue weighted by atomic mass is 32.2. The smallest absolute Gasteiger partial charge is 0.345 e. The summed E-state index contributed by atoms with van der Waals surface area (Å²) in [6.45, 7) is 3.87. The van der Waals surface area contributed by atoms with Crippen molar-refractivity contribution < 1.29 is 18.3 Å². The summed E-state index contributed by atoms with van der Waals surface area (Å²) in [6.07, 6.45) is 5.33. The molecule has 0 aliphatic heterocycles. The van der Waals surface area contributed by atoms with Crippen LogP contribution in [0, 0.1) is 0 Å². The minimum absolute atomic E-state index is 0.00613. The third-order valence-corrected chi connectivity index (χ3v) is 6.86. The summed E-state index contributed by atoms with van der Waals surface area (Å²) in [7, 11) is -3.64. The van der Waals surface area contributed by atoms with Gasteiger partial charge >= 0.3 is 5.97 Å². The van der Waals surface area contributed by atoms with Gasteiger partial charge in [-0.1, -0.05) is 18.9 Å². The number of carboxylic acid groups (broad SMARTS) is 1. The van der Waals surface area contributed by atoms with Crippen LogP contribution in [0.5, 0.6) is 0 Å². The van der Waals surface area contributed by atoms with Gasteiger partial charge < -0.3 is 5.11 Å². The van der Waals surface area contributed by atoms with Gasteiger partial charge in [-0.05, 0) is 25.0 Å². The van der Waals surface area contributed by atoms with E-state index >= 15 is 0 Å². The highest BCUT2D eigenvalue weighted by Crippen LogP contribution is 2.31. The van der Waals surface area contributed by atoms with Crippen molar-refractivity contribution in [1.29, 1.82) is 0 Å². The summed E-state index contributed by atoms with van der Waals surface area (Å²) >= 11 is 0.797. The molecule has 1 fully saturated rings. The number of carboxylic acids is 1. The fourth-order valence-corrected chi connectivity index (χ4v) is 5.38. The van der Waals surface area contributed by atoms with E-state index in [4.69, 9.17) is 5.11 Å². The van der Waals surface area contributed by atoms with Gasteiger partial charge in [0.1, 0.15) is 9.09 Å². The number of sulfonamides is 1. The molecule has 0 amide bonds. The van der Waals surface area contributed by atoms with Crippen LogP contribution < -0.4 is 0 Å². The van der Waals surface area contributed by atoms with Crippen LogP contribution in [-0.2, 0) is 10.0 Å². The van der Waals surface area contributed by atoms with Crippen molar-refractivity contribution in [2.75, 3.05) is 6.54 Å². The zero-order valence-electron chi connectivity index (χ0n) is 11.0. The second kappa shape index (κ2) is 6.07. The van der Waals surface area contributed by atoms with Crippen LogP contribution >= 0.6 is 11.3 Å². The Hall–Kier alpha value is -1.18. The molecular formula is C13H17NO4S2. The Bertz CT molecular complexity index is 600. The van der Waals surface area contributed by atoms with Crippen LogP contribution in [0.3, 0.4) is 0 Å². The summed E-state index contributed by atoms with van der Waals surface area (Å²) in [5, 5.41) is 8.90. The molecule has 1 N–H and O–H groups in total. The molecular weight excluding hydrogens is 298 g/mol. The largest absolute Gasteiger partial charge is 0.477 e. The third-order valence-electron chi connectivity index (χ3n) is 3.40. The molecule has 0 bridgehead atoms. The summed E-state index contributed by atoms with van der Waals surface area (Å²) in [5.74, 6) is -1.10. The van der Waals surface area contributed by atoms with E-state index in [1.54, 1.807) is 6.08 Å². The number of thiophene rings is 1. The third kappa shape index (κ3) is 2.94. The van der Waals surface area contributed by atoms with E-state index in [9.17, 15) is 13.2 Å². The predicted octanol–water partition coefficient (Wildman–Crippen LogP) is 2.57. The Kier molecular flexibility index (Phi) is 4.62. The van der Waals surface area contributed by atoms with Crippen molar-refractivity contribution in [1.82, 2.24) is 4.31 Å². The fraction of sp³-hybridized carbons (Fsp3) is 0.462. The Labute approximate surface area is 122 Å². The number of rotatable bonds is 6. The molecule has 0 spiro atoms. The maximum absolute atomic E-state index is 12.6. The van der Waals surface area contributed by atoms with Gasteiger partial charge in [-0.2, -0.15) is 4.31 Å². The summed E-state index contributed by atoms with van der Waals surface area (Å²) in [6, 6.07) is 2.70. The van der Waals surface area contributed by atoms with Gasteiger partial charge in [-0.15, -0.1) is 17.9 Å². The topological polar surface area (TPSA) is 74.7 Å². The lowest BCUT2D eigenvalue weighted by Crippen LogP contribution is -2.38. The molecule has 7 heteroatoms. The van der Waals surface area contributed by atoms with Gasteiger partial charge in [0.15, 0.2) is 0 Å². The number of nitrogens with zero attached hydrogens (tertiary/aromatic N) is 1. The van der Waals surface area contributed by atoms with Gasteiger partial charge in [-0.25, -0.2) is 13.2 Å². The number of hydrogen-bond acceptors (Lipinski definition) is 4. The van der Waals surface area contributed by atoms with E-state index in [0.717, 1.165) is 37.0 Å². The highest BCUT2D eigenvalue weighted by Gasteiger charge is 2.33. The quantitative estimate of drug-likeness (QED) is 0.819. The van der Waals surface area contributed by atoms with E-state index in [0.29, 0.717) is 0 Å². The van der Waals surface area contributed by atoms with Crippen molar-refractivity contribution in [3.8, 4) is 0 Å². The van der Waals surface area contributed by atoms with Gasteiger partial charge in [0.25, 0.3) is 10.0 Å². The summed E-state index contributed by atoms with van der Waals surface area (Å²) in [4.78, 5) is 10.9. The molecule has 1 aliphatic carbocycles. The number of aromatic carboxylic acids is 1. The minimum Gasteiger partial charge on any atom is -0.477 e. The minimum atomic E-state index is -3.64. The second-order valence-corrected chi connectivity index (χ2v) is 7.93. The van der Waals surface area contributed by atoms with Gasteiger partial charge in [0, 0.05) is 12.6 Å². The lowest BCUT2D eigenvalue weighted by Gasteiger charge is -2.26. The van der Waals surface area contributed by atoms with Crippen molar-refractivity contribution in [3.63, 3.8) is 0 Å². The van der Waals surface area contributed by atoms with Gasteiger partial charge in [-0.3, -0.25) is 0 Å². The molecule has 0 unspecified atom stereocenters. The SMILES string of the molecule is C=CCN(C1CCCC1)S(=O)(=O)c1ccc(C(=O)O)s1. The standard InChI is InChI=1S/C13H17NO4S2/c1-2-9-14(10-5-3-4-6-10)20(17,18)12-8-7-11(19-12)13(15)16/h2,7-8,10H,1,3-6,9H2,(H,15,16). The molecule has 1 aliphatic rings. The number of hydrogen-bond donors (Lipinski definition) is 1. The highest BCUT2D eigenvalue weighted by molar-refractivity contribution is 7.91. The van der Waals surface area contributed by atoms with E-state index in [1.165, 1.54) is 16.4 Å². The predicted molar refractivity (Wildman–Crippen MR) is 77.6 cm³/mol. The molecule has 5 nitrogen and oxygen atoms in total. The molecule has 2 rings (SSSR count). The monoisotopic (exact) mass is 315 g/mol. The maximum atomic E-state index is 12.6. The zero-order chi connectivity index (χ0) is 14.8. The van der Waals surface area contributed by atoms with Crippen molar-refractivity contribution >= 4 is 27.3 Å². The van der Waals surface area contributed by atoms with E-state index in [2.05, 4.69) is 6.58 Å². The molecule has 0 radical (unpaired) electrons. The first kappa shape index (κ1) is 15.2. The van der Waals surface area contributed by atoms with Crippen LogP contribution in [0.2, 0.25) is 0 Å². The molecule has 1 aromatic rings. The summed E-state index contributed by atoms with van der Waals surface area (Å²) in [5.41, 5.74) is 0. The first-order chi connectivity index (χ1) is 9.46. The molecule has 1 saturated carbocycles. The van der Waals surface area contributed by atoms with E-state index in [-0.39, 0.29) is 21.7 Å². The Morgan fingerprint density at radius 1 is 1.45 bits per heavy atom. The molecule has 1 aromatic heterocycles. The van der Waals surface area contributed by atoms with Crippen LogP contribution in [0.4, 0.5) is 0 Å². The normalized spacial score (nSPS) is 16.6. The molecule has 0 aromatic carbocycles. The Balaban J connectivity index is 2.33. The van der Waals surface area contributed by atoms with Crippen LogP contribution in [-0.4, -0.2) is 36.4 Å². The maximum Gasteiger partial charge on any atom is 0.345 e. The van der Waals surface area contributed by atoms with Crippen LogP contribution in [0.1, 0.15) is 35.4 Å². The fourth-order valence-electron chi connectivity index (χ4n) is 2.45.